The molecule has 5 nitrogen and oxygen atoms in total. The lowest BCUT2D eigenvalue weighted by Gasteiger charge is -2.41. The third-order valence-corrected chi connectivity index (χ3v) is 5.72. The van der Waals surface area contributed by atoms with E-state index in [2.05, 4.69) is 39.2 Å². The van der Waals surface area contributed by atoms with Crippen LogP contribution in [-0.2, 0) is 6.42 Å². The molecule has 1 aromatic heterocycles. The highest BCUT2D eigenvalue weighted by Crippen LogP contribution is 2.35. The van der Waals surface area contributed by atoms with Gasteiger partial charge in [0.25, 0.3) is 0 Å². The first-order valence-corrected chi connectivity index (χ1v) is 9.65. The van der Waals surface area contributed by atoms with Crippen molar-refractivity contribution >= 4 is 5.82 Å². The molecular formula is C21H28N4O. The van der Waals surface area contributed by atoms with Crippen LogP contribution >= 0.6 is 0 Å². The van der Waals surface area contributed by atoms with Crippen molar-refractivity contribution in [1.29, 1.82) is 0 Å². The first-order valence-electron chi connectivity index (χ1n) is 9.65. The lowest BCUT2D eigenvalue weighted by Crippen LogP contribution is -2.49. The number of nitrogens with zero attached hydrogens (tertiary/aromatic N) is 4. The number of piperidine rings is 1. The third kappa shape index (κ3) is 3.16. The highest BCUT2D eigenvalue weighted by molar-refractivity contribution is 5.72. The van der Waals surface area contributed by atoms with E-state index in [-0.39, 0.29) is 0 Å². The highest BCUT2D eigenvalue weighted by Gasteiger charge is 2.29. The Hall–Kier alpha value is -2.14. The standard InChI is InChI=1S/C21H28N4O/c1-14-10-15(2)20(19(26)11-14)18-12-16-6-4-9-25(21(16)23-22-18)17-7-5-8-24(3)13-17/h10-12,17,26H,4-9,13H2,1-3H3/t17-/m1/s1. The molecule has 0 aliphatic carbocycles. The van der Waals surface area contributed by atoms with Crippen molar-refractivity contribution in [2.75, 3.05) is 31.6 Å². The van der Waals surface area contributed by atoms with Crippen LogP contribution in [0.4, 0.5) is 5.82 Å². The van der Waals surface area contributed by atoms with Gasteiger partial charge in [0.1, 0.15) is 5.75 Å². The van der Waals surface area contributed by atoms with Crippen LogP contribution in [0.15, 0.2) is 18.2 Å². The van der Waals surface area contributed by atoms with E-state index in [1.165, 1.54) is 24.9 Å². The van der Waals surface area contributed by atoms with Gasteiger partial charge in [0.05, 0.1) is 5.69 Å². The van der Waals surface area contributed by atoms with Gasteiger partial charge in [-0.15, -0.1) is 10.2 Å². The molecule has 1 atom stereocenters. The molecule has 1 saturated heterocycles. The van der Waals surface area contributed by atoms with Crippen molar-refractivity contribution in [2.24, 2.45) is 0 Å². The minimum absolute atomic E-state index is 0.290. The zero-order valence-corrected chi connectivity index (χ0v) is 16.0. The van der Waals surface area contributed by atoms with Crippen LogP contribution in [0.2, 0.25) is 0 Å². The van der Waals surface area contributed by atoms with Crippen LogP contribution in [0.1, 0.15) is 36.0 Å². The van der Waals surface area contributed by atoms with E-state index in [0.29, 0.717) is 11.8 Å². The lowest BCUT2D eigenvalue weighted by molar-refractivity contribution is 0.242. The van der Waals surface area contributed by atoms with Gasteiger partial charge < -0.3 is 14.9 Å². The number of phenolic OH excluding ortho intramolecular Hbond substituents is 1. The maximum atomic E-state index is 10.4. The van der Waals surface area contributed by atoms with Gasteiger partial charge in [0, 0.05) is 24.7 Å². The number of benzene rings is 1. The second kappa shape index (κ2) is 6.88. The predicted octanol–water partition coefficient (Wildman–Crippen LogP) is 3.31. The van der Waals surface area contributed by atoms with Crippen LogP contribution in [0.25, 0.3) is 11.3 Å². The van der Waals surface area contributed by atoms with Crippen molar-refractivity contribution in [3.05, 3.63) is 34.9 Å². The lowest BCUT2D eigenvalue weighted by atomic mass is 9.97. The number of hydrogen-bond acceptors (Lipinski definition) is 5. The summed E-state index contributed by atoms with van der Waals surface area (Å²) < 4.78 is 0. The zero-order valence-electron chi connectivity index (χ0n) is 16.0. The van der Waals surface area contributed by atoms with Crippen molar-refractivity contribution < 1.29 is 5.11 Å². The second-order valence-corrected chi connectivity index (χ2v) is 7.91. The van der Waals surface area contributed by atoms with Crippen molar-refractivity contribution in [3.8, 4) is 17.0 Å². The Bertz CT molecular complexity index is 797. The Morgan fingerprint density at radius 2 is 1.92 bits per heavy atom. The Morgan fingerprint density at radius 1 is 1.08 bits per heavy atom. The minimum Gasteiger partial charge on any atom is -0.507 e. The Labute approximate surface area is 155 Å². The largest absolute Gasteiger partial charge is 0.507 e. The van der Waals surface area contributed by atoms with Crippen LogP contribution < -0.4 is 4.90 Å². The smallest absolute Gasteiger partial charge is 0.154 e. The molecule has 1 aromatic carbocycles. The summed E-state index contributed by atoms with van der Waals surface area (Å²) in [6.07, 6.45) is 4.65. The number of anilines is 1. The summed E-state index contributed by atoms with van der Waals surface area (Å²) in [5.74, 6) is 1.34. The molecular weight excluding hydrogens is 324 g/mol. The molecule has 0 unspecified atom stereocenters. The van der Waals surface area contributed by atoms with E-state index in [1.807, 2.05) is 13.8 Å². The molecule has 1 fully saturated rings. The van der Waals surface area contributed by atoms with Gasteiger partial charge in [-0.25, -0.2) is 0 Å². The average Bonchev–Trinajstić information content (AvgIpc) is 2.60. The quantitative estimate of drug-likeness (QED) is 0.899. The number of aryl methyl sites for hydroxylation is 3. The molecule has 2 aliphatic rings. The first kappa shape index (κ1) is 17.3. The Balaban J connectivity index is 1.69. The van der Waals surface area contributed by atoms with Crippen molar-refractivity contribution in [2.45, 2.75) is 45.6 Å². The fourth-order valence-electron chi connectivity index (χ4n) is 4.55. The van der Waals surface area contributed by atoms with Gasteiger partial charge in [0.2, 0.25) is 0 Å². The summed E-state index contributed by atoms with van der Waals surface area (Å²) in [5, 5.41) is 19.6. The molecule has 4 rings (SSSR count). The van der Waals surface area contributed by atoms with E-state index in [4.69, 9.17) is 0 Å². The molecule has 138 valence electrons. The van der Waals surface area contributed by atoms with E-state index in [0.717, 1.165) is 54.1 Å². The van der Waals surface area contributed by atoms with E-state index in [9.17, 15) is 5.11 Å². The van der Waals surface area contributed by atoms with Crippen molar-refractivity contribution in [1.82, 2.24) is 15.1 Å². The van der Waals surface area contributed by atoms with Gasteiger partial charge in [-0.3, -0.25) is 0 Å². The third-order valence-electron chi connectivity index (χ3n) is 5.72. The number of aromatic hydroxyl groups is 1. The summed E-state index contributed by atoms with van der Waals surface area (Å²) in [6.45, 7) is 7.37. The number of likely N-dealkylation sites (tertiary alicyclic amines) is 1. The number of aromatic nitrogens is 2. The van der Waals surface area contributed by atoms with Crippen molar-refractivity contribution in [3.63, 3.8) is 0 Å². The summed E-state index contributed by atoms with van der Waals surface area (Å²) in [6, 6.07) is 6.55. The number of hydrogen-bond donors (Lipinski definition) is 1. The minimum atomic E-state index is 0.290. The van der Waals surface area contributed by atoms with E-state index in [1.54, 1.807) is 6.07 Å². The van der Waals surface area contributed by atoms with Gasteiger partial charge >= 0.3 is 0 Å². The zero-order chi connectivity index (χ0) is 18.3. The summed E-state index contributed by atoms with van der Waals surface area (Å²) in [5.41, 5.74) is 4.94. The molecule has 26 heavy (non-hydrogen) atoms. The normalized spacial score (nSPS) is 20.9. The van der Waals surface area contributed by atoms with Crippen LogP contribution in [0.5, 0.6) is 5.75 Å². The monoisotopic (exact) mass is 352 g/mol. The highest BCUT2D eigenvalue weighted by atomic mass is 16.3. The molecule has 2 aromatic rings. The summed E-state index contributed by atoms with van der Waals surface area (Å²) in [7, 11) is 2.20. The van der Waals surface area contributed by atoms with Crippen LogP contribution in [-0.4, -0.2) is 52.9 Å². The molecule has 0 bridgehead atoms. The molecule has 0 radical (unpaired) electrons. The Kier molecular flexibility index (Phi) is 4.57. The van der Waals surface area contributed by atoms with Gasteiger partial charge in [-0.2, -0.15) is 0 Å². The SMILES string of the molecule is Cc1cc(C)c(-c2cc3c(nn2)N([C@@H]2CCCN(C)C2)CCC3)c(O)c1. The molecule has 3 heterocycles. The van der Waals surface area contributed by atoms with Gasteiger partial charge in [0.15, 0.2) is 5.82 Å². The van der Waals surface area contributed by atoms with E-state index < -0.39 is 0 Å². The number of phenols is 1. The average molecular weight is 352 g/mol. The topological polar surface area (TPSA) is 52.5 Å². The maximum absolute atomic E-state index is 10.4. The maximum Gasteiger partial charge on any atom is 0.154 e. The summed E-state index contributed by atoms with van der Waals surface area (Å²) in [4.78, 5) is 4.88. The van der Waals surface area contributed by atoms with Crippen LogP contribution in [0.3, 0.4) is 0 Å². The van der Waals surface area contributed by atoms with Crippen LogP contribution in [0, 0.1) is 13.8 Å². The molecule has 0 saturated carbocycles. The molecule has 5 heteroatoms. The molecule has 0 spiro atoms. The van der Waals surface area contributed by atoms with Gasteiger partial charge in [-0.05, 0) is 81.9 Å². The molecule has 2 aliphatic heterocycles. The number of likely N-dealkylation sites (N-methyl/N-ethyl adjacent to an activating group) is 1. The Morgan fingerprint density at radius 3 is 2.69 bits per heavy atom. The molecule has 0 amide bonds. The first-order chi connectivity index (χ1) is 12.5. The van der Waals surface area contributed by atoms with E-state index >= 15 is 0 Å². The number of fused-ring (bicyclic) bond motifs is 1. The fraction of sp³-hybridized carbons (Fsp3) is 0.524. The summed E-state index contributed by atoms with van der Waals surface area (Å²) >= 11 is 0. The number of rotatable bonds is 2. The van der Waals surface area contributed by atoms with Gasteiger partial charge in [-0.1, -0.05) is 6.07 Å². The second-order valence-electron chi connectivity index (χ2n) is 7.91. The molecule has 1 N–H and O–H groups in total. The predicted molar refractivity (Wildman–Crippen MR) is 105 cm³/mol. The fourth-order valence-corrected chi connectivity index (χ4v) is 4.55.